The fourth-order valence-electron chi connectivity index (χ4n) is 3.88. The van der Waals surface area contributed by atoms with E-state index in [1.165, 1.54) is 18.6 Å². The van der Waals surface area contributed by atoms with Crippen LogP contribution in [0.5, 0.6) is 5.75 Å². The Morgan fingerprint density at radius 3 is 2.90 bits per heavy atom. The molecule has 0 radical (unpaired) electrons. The van der Waals surface area contributed by atoms with E-state index < -0.39 is 0 Å². The Bertz CT molecular complexity index is 646. The minimum atomic E-state index is 0.614. The SMILES string of the molecule is CCNC(=NCc1cccc(OCCN(C)C2CCOCC2)c1)NCC1CCCS1. The average Bonchev–Trinajstić information content (AvgIpc) is 3.30. The van der Waals surface area contributed by atoms with Crippen molar-refractivity contribution in [1.82, 2.24) is 15.5 Å². The van der Waals surface area contributed by atoms with Gasteiger partial charge in [0, 0.05) is 44.1 Å². The van der Waals surface area contributed by atoms with Crippen molar-refractivity contribution < 1.29 is 9.47 Å². The molecule has 0 saturated carbocycles. The molecule has 0 aliphatic carbocycles. The Morgan fingerprint density at radius 1 is 1.27 bits per heavy atom. The number of hydrogen-bond acceptors (Lipinski definition) is 5. The van der Waals surface area contributed by atoms with Gasteiger partial charge in [-0.3, -0.25) is 4.90 Å². The molecule has 0 amide bonds. The monoisotopic (exact) mass is 434 g/mol. The van der Waals surface area contributed by atoms with E-state index in [2.05, 4.69) is 59.5 Å². The summed E-state index contributed by atoms with van der Waals surface area (Å²) in [5.74, 6) is 3.11. The number of nitrogens with one attached hydrogen (secondary N) is 2. The smallest absolute Gasteiger partial charge is 0.191 e. The zero-order valence-corrected chi connectivity index (χ0v) is 19.4. The van der Waals surface area contributed by atoms with E-state index in [-0.39, 0.29) is 0 Å². The van der Waals surface area contributed by atoms with Crippen LogP contribution in [-0.4, -0.2) is 74.4 Å². The third-order valence-corrected chi connectivity index (χ3v) is 7.11. The predicted molar refractivity (Wildman–Crippen MR) is 127 cm³/mol. The number of likely N-dealkylation sites (N-methyl/N-ethyl adjacent to an activating group) is 1. The van der Waals surface area contributed by atoms with Gasteiger partial charge in [0.15, 0.2) is 5.96 Å². The molecule has 6 nitrogen and oxygen atoms in total. The molecule has 0 spiro atoms. The van der Waals surface area contributed by atoms with Gasteiger partial charge in [-0.1, -0.05) is 12.1 Å². The summed E-state index contributed by atoms with van der Waals surface area (Å²) in [7, 11) is 2.18. The molecular formula is C23H38N4O2S. The molecule has 0 bridgehead atoms. The summed E-state index contributed by atoms with van der Waals surface area (Å²) in [6.07, 6.45) is 4.87. The number of thioether (sulfide) groups is 1. The van der Waals surface area contributed by atoms with E-state index in [9.17, 15) is 0 Å². The van der Waals surface area contributed by atoms with Crippen molar-refractivity contribution in [3.63, 3.8) is 0 Å². The number of nitrogens with zero attached hydrogens (tertiary/aromatic N) is 2. The van der Waals surface area contributed by atoms with Gasteiger partial charge < -0.3 is 20.1 Å². The number of hydrogen-bond donors (Lipinski definition) is 2. The van der Waals surface area contributed by atoms with E-state index in [0.29, 0.717) is 24.4 Å². The second-order valence-corrected chi connectivity index (χ2v) is 9.44. The lowest BCUT2D eigenvalue weighted by Crippen LogP contribution is -2.40. The Balaban J connectivity index is 1.44. The lowest BCUT2D eigenvalue weighted by Gasteiger charge is -2.31. The first-order valence-corrected chi connectivity index (χ1v) is 12.4. The van der Waals surface area contributed by atoms with Crippen LogP contribution in [0, 0.1) is 0 Å². The second kappa shape index (κ2) is 13.1. The summed E-state index contributed by atoms with van der Waals surface area (Å²) in [5, 5.41) is 7.56. The van der Waals surface area contributed by atoms with Crippen LogP contribution in [-0.2, 0) is 11.3 Å². The zero-order chi connectivity index (χ0) is 21.0. The van der Waals surface area contributed by atoms with Crippen molar-refractivity contribution in [2.24, 2.45) is 4.99 Å². The van der Waals surface area contributed by atoms with E-state index in [1.807, 2.05) is 6.07 Å². The van der Waals surface area contributed by atoms with Crippen molar-refractivity contribution in [1.29, 1.82) is 0 Å². The molecule has 2 fully saturated rings. The van der Waals surface area contributed by atoms with Crippen molar-refractivity contribution >= 4 is 17.7 Å². The molecule has 2 heterocycles. The third kappa shape index (κ3) is 8.00. The van der Waals surface area contributed by atoms with E-state index in [4.69, 9.17) is 14.5 Å². The Hall–Kier alpha value is -1.44. The van der Waals surface area contributed by atoms with Gasteiger partial charge >= 0.3 is 0 Å². The predicted octanol–water partition coefficient (Wildman–Crippen LogP) is 3.13. The molecule has 7 heteroatoms. The fraction of sp³-hybridized carbons (Fsp3) is 0.696. The Kier molecular flexibility index (Phi) is 10.1. The van der Waals surface area contributed by atoms with E-state index in [0.717, 1.165) is 63.0 Å². The highest BCUT2D eigenvalue weighted by molar-refractivity contribution is 8.00. The summed E-state index contributed by atoms with van der Waals surface area (Å²) in [6.45, 7) is 7.99. The maximum Gasteiger partial charge on any atom is 0.191 e. The lowest BCUT2D eigenvalue weighted by atomic mass is 10.1. The molecule has 2 saturated heterocycles. The Morgan fingerprint density at radius 2 is 2.13 bits per heavy atom. The molecule has 2 aliphatic heterocycles. The molecule has 1 aromatic rings. The van der Waals surface area contributed by atoms with Crippen LogP contribution in [0.2, 0.25) is 0 Å². The molecule has 168 valence electrons. The largest absolute Gasteiger partial charge is 0.492 e. The maximum atomic E-state index is 6.02. The Labute approximate surface area is 186 Å². The van der Waals surface area contributed by atoms with Crippen molar-refractivity contribution in [2.75, 3.05) is 52.3 Å². The first-order valence-electron chi connectivity index (χ1n) is 11.4. The summed E-state index contributed by atoms with van der Waals surface area (Å²) in [5.41, 5.74) is 1.16. The van der Waals surface area contributed by atoms with Crippen LogP contribution in [0.4, 0.5) is 0 Å². The van der Waals surface area contributed by atoms with Crippen LogP contribution >= 0.6 is 11.8 Å². The molecule has 0 aromatic heterocycles. The number of aliphatic imine (C=N–C) groups is 1. The first kappa shape index (κ1) is 23.2. The van der Waals surface area contributed by atoms with Gasteiger partial charge in [0.1, 0.15) is 12.4 Å². The molecular weight excluding hydrogens is 396 g/mol. The third-order valence-electron chi connectivity index (χ3n) is 5.71. The molecule has 30 heavy (non-hydrogen) atoms. The molecule has 3 rings (SSSR count). The normalized spacial score (nSPS) is 20.5. The summed E-state index contributed by atoms with van der Waals surface area (Å²) in [6, 6.07) is 8.91. The minimum absolute atomic E-state index is 0.614. The minimum Gasteiger partial charge on any atom is -0.492 e. The van der Waals surface area contributed by atoms with Gasteiger partial charge in [0.05, 0.1) is 6.54 Å². The molecule has 2 N–H and O–H groups in total. The molecule has 1 atom stereocenters. The summed E-state index contributed by atoms with van der Waals surface area (Å²) < 4.78 is 11.5. The highest BCUT2D eigenvalue weighted by Crippen LogP contribution is 2.25. The average molecular weight is 435 g/mol. The highest BCUT2D eigenvalue weighted by Gasteiger charge is 2.18. The summed E-state index contributed by atoms with van der Waals surface area (Å²) >= 11 is 2.07. The van der Waals surface area contributed by atoms with Gasteiger partial charge in [-0.05, 0) is 63.1 Å². The fourth-order valence-corrected chi connectivity index (χ4v) is 5.08. The van der Waals surface area contributed by atoms with Gasteiger partial charge in [-0.2, -0.15) is 11.8 Å². The first-order chi connectivity index (χ1) is 14.7. The summed E-state index contributed by atoms with van der Waals surface area (Å²) in [4.78, 5) is 7.16. The number of rotatable bonds is 10. The molecule has 1 aromatic carbocycles. The van der Waals surface area contributed by atoms with Gasteiger partial charge in [-0.15, -0.1) is 0 Å². The van der Waals surface area contributed by atoms with E-state index >= 15 is 0 Å². The van der Waals surface area contributed by atoms with Crippen LogP contribution in [0.1, 0.15) is 38.2 Å². The van der Waals surface area contributed by atoms with E-state index in [1.54, 1.807) is 0 Å². The van der Waals surface area contributed by atoms with Gasteiger partial charge in [0.2, 0.25) is 0 Å². The standard InChI is InChI=1S/C23H38N4O2S/c1-3-24-23(26-18-22-8-5-15-30-22)25-17-19-6-4-7-21(16-19)29-14-11-27(2)20-9-12-28-13-10-20/h4,6-7,16,20,22H,3,5,8-15,17-18H2,1-2H3,(H2,24,25,26). The lowest BCUT2D eigenvalue weighted by molar-refractivity contribution is 0.0392. The van der Waals surface area contributed by atoms with Gasteiger partial charge in [-0.25, -0.2) is 4.99 Å². The highest BCUT2D eigenvalue weighted by atomic mass is 32.2. The number of ether oxygens (including phenoxy) is 2. The number of benzene rings is 1. The second-order valence-electron chi connectivity index (χ2n) is 8.03. The maximum absolute atomic E-state index is 6.02. The van der Waals surface area contributed by atoms with Crippen molar-refractivity contribution in [2.45, 2.75) is 50.4 Å². The molecule has 1 unspecified atom stereocenters. The topological polar surface area (TPSA) is 58.1 Å². The van der Waals surface area contributed by atoms with Crippen molar-refractivity contribution in [3.8, 4) is 5.75 Å². The zero-order valence-electron chi connectivity index (χ0n) is 18.6. The quantitative estimate of drug-likeness (QED) is 0.436. The van der Waals surface area contributed by atoms with Crippen LogP contribution in [0.3, 0.4) is 0 Å². The van der Waals surface area contributed by atoms with Crippen molar-refractivity contribution in [3.05, 3.63) is 29.8 Å². The van der Waals surface area contributed by atoms with Crippen LogP contribution < -0.4 is 15.4 Å². The van der Waals surface area contributed by atoms with Crippen LogP contribution in [0.25, 0.3) is 0 Å². The number of guanidine groups is 1. The van der Waals surface area contributed by atoms with Gasteiger partial charge in [0.25, 0.3) is 0 Å². The molecule has 2 aliphatic rings. The van der Waals surface area contributed by atoms with Crippen LogP contribution in [0.15, 0.2) is 29.3 Å².